The van der Waals surface area contributed by atoms with Crippen LogP contribution in [-0.2, 0) is 0 Å². The van der Waals surface area contributed by atoms with Gasteiger partial charge in [-0.3, -0.25) is 0 Å². The summed E-state index contributed by atoms with van der Waals surface area (Å²) in [4.78, 5) is 4.59. The van der Waals surface area contributed by atoms with Gasteiger partial charge < -0.3 is 5.32 Å². The summed E-state index contributed by atoms with van der Waals surface area (Å²) in [7, 11) is 0. The van der Waals surface area contributed by atoms with Crippen molar-refractivity contribution in [3.05, 3.63) is 99.8 Å². The largest absolute Gasteiger partial charge is 0.324 e. The van der Waals surface area contributed by atoms with Gasteiger partial charge in [0.05, 0.1) is 11.4 Å². The molecule has 4 nitrogen and oxygen atoms in total. The van der Waals surface area contributed by atoms with Gasteiger partial charge in [-0.2, -0.15) is 5.10 Å². The van der Waals surface area contributed by atoms with Gasteiger partial charge in [0.2, 0.25) is 0 Å². The van der Waals surface area contributed by atoms with E-state index in [0.29, 0.717) is 0 Å². The molecule has 0 amide bonds. The van der Waals surface area contributed by atoms with E-state index in [1.807, 2.05) is 35.1 Å². The molecule has 3 heterocycles. The number of nitrogens with one attached hydrogen (secondary N) is 1. The average Bonchev–Trinajstić information content (AvgIpc) is 3.04. The summed E-state index contributed by atoms with van der Waals surface area (Å²) in [5.74, 6) is 1.96. The first kappa shape index (κ1) is 16.3. The molecule has 132 valence electrons. The lowest BCUT2D eigenvalue weighted by atomic mass is 9.83. The summed E-state index contributed by atoms with van der Waals surface area (Å²) in [6.45, 7) is 2.08. The van der Waals surface area contributed by atoms with Crippen LogP contribution in [0.1, 0.15) is 28.3 Å². The van der Waals surface area contributed by atoms with Crippen molar-refractivity contribution in [1.29, 1.82) is 0 Å². The summed E-state index contributed by atoms with van der Waals surface area (Å²) in [5, 5.41) is 8.38. The van der Waals surface area contributed by atoms with Crippen LogP contribution in [0, 0.1) is 6.92 Å². The number of pyridine rings is 1. The Morgan fingerprint density at radius 1 is 0.963 bits per heavy atom. The minimum Gasteiger partial charge on any atom is -0.324 e. The number of anilines is 2. The zero-order valence-corrected chi connectivity index (χ0v) is 16.3. The summed E-state index contributed by atoms with van der Waals surface area (Å²) in [5.41, 5.74) is 5.64. The zero-order chi connectivity index (χ0) is 18.4. The molecule has 5 heteroatoms. The fourth-order valence-corrected chi connectivity index (χ4v) is 4.05. The van der Waals surface area contributed by atoms with E-state index in [9.17, 15) is 0 Å². The predicted molar refractivity (Wildman–Crippen MR) is 111 cm³/mol. The van der Waals surface area contributed by atoms with Gasteiger partial charge in [-0.1, -0.05) is 52.3 Å². The average molecular weight is 417 g/mol. The summed E-state index contributed by atoms with van der Waals surface area (Å²) in [6.07, 6.45) is 1.82. The van der Waals surface area contributed by atoms with E-state index in [1.54, 1.807) is 0 Å². The second-order valence-corrected chi connectivity index (χ2v) is 7.56. The Hall–Kier alpha value is -2.92. The third-order valence-electron chi connectivity index (χ3n) is 4.99. The van der Waals surface area contributed by atoms with Crippen molar-refractivity contribution >= 4 is 27.6 Å². The van der Waals surface area contributed by atoms with Gasteiger partial charge in [-0.05, 0) is 42.8 Å². The Balaban J connectivity index is 1.76. The summed E-state index contributed by atoms with van der Waals surface area (Å²) < 4.78 is 3.05. The molecule has 4 aromatic rings. The van der Waals surface area contributed by atoms with Crippen molar-refractivity contribution in [2.24, 2.45) is 0 Å². The quantitative estimate of drug-likeness (QED) is 0.408. The van der Waals surface area contributed by atoms with Crippen LogP contribution in [0.4, 0.5) is 11.6 Å². The van der Waals surface area contributed by atoms with E-state index >= 15 is 0 Å². The van der Waals surface area contributed by atoms with Crippen LogP contribution < -0.4 is 5.32 Å². The fraction of sp³-hybridized carbons (Fsp3) is 0.0909. The summed E-state index contributed by atoms with van der Waals surface area (Å²) in [6, 6.07) is 22.8. The lowest BCUT2D eigenvalue weighted by Gasteiger charge is -2.27. The predicted octanol–water partition coefficient (Wildman–Crippen LogP) is 5.58. The standard InChI is InChI=1S/C22H17BrN4/c1-14-19-20(15-9-11-16(23)12-10-15)18-8-5-13-24-21(18)25-22(19)27(26-14)17-6-3-2-4-7-17/h2-13,20H,1H3,(H,24,25). The molecule has 2 aromatic heterocycles. The minimum absolute atomic E-state index is 0.0931. The second kappa shape index (κ2) is 6.35. The molecular weight excluding hydrogens is 400 g/mol. The smallest absolute Gasteiger partial charge is 0.139 e. The van der Waals surface area contributed by atoms with Crippen molar-refractivity contribution < 1.29 is 0 Å². The normalized spacial score (nSPS) is 15.0. The SMILES string of the molecule is Cc1nn(-c2ccccc2)c2c1C(c1ccc(Br)cc1)c1cccnc1N2. The van der Waals surface area contributed by atoms with Crippen molar-refractivity contribution in [1.82, 2.24) is 14.8 Å². The Morgan fingerprint density at radius 2 is 1.74 bits per heavy atom. The van der Waals surface area contributed by atoms with Crippen LogP contribution in [0.15, 0.2) is 77.4 Å². The number of halogens is 1. The molecule has 1 aliphatic rings. The van der Waals surface area contributed by atoms with E-state index in [2.05, 4.69) is 75.6 Å². The van der Waals surface area contributed by atoms with Crippen molar-refractivity contribution in [2.45, 2.75) is 12.8 Å². The molecule has 1 atom stereocenters. The topological polar surface area (TPSA) is 42.7 Å². The molecule has 0 spiro atoms. The van der Waals surface area contributed by atoms with Crippen LogP contribution >= 0.6 is 15.9 Å². The number of aromatic nitrogens is 3. The van der Waals surface area contributed by atoms with E-state index in [4.69, 9.17) is 5.10 Å². The number of fused-ring (bicyclic) bond motifs is 2. The maximum Gasteiger partial charge on any atom is 0.139 e. The Labute approximate surface area is 166 Å². The van der Waals surface area contributed by atoms with Gasteiger partial charge in [0.15, 0.2) is 0 Å². The lowest BCUT2D eigenvalue weighted by Crippen LogP contribution is -2.16. The number of rotatable bonds is 2. The van der Waals surface area contributed by atoms with Crippen LogP contribution in [0.3, 0.4) is 0 Å². The molecule has 0 saturated heterocycles. The van der Waals surface area contributed by atoms with Crippen molar-refractivity contribution in [3.63, 3.8) is 0 Å². The first-order valence-electron chi connectivity index (χ1n) is 8.85. The maximum absolute atomic E-state index is 4.86. The third-order valence-corrected chi connectivity index (χ3v) is 5.51. The number of nitrogens with zero attached hydrogens (tertiary/aromatic N) is 3. The first-order chi connectivity index (χ1) is 13.2. The first-order valence-corrected chi connectivity index (χ1v) is 9.64. The van der Waals surface area contributed by atoms with E-state index < -0.39 is 0 Å². The van der Waals surface area contributed by atoms with E-state index in [-0.39, 0.29) is 5.92 Å². The minimum atomic E-state index is 0.0931. The van der Waals surface area contributed by atoms with Crippen molar-refractivity contribution in [3.8, 4) is 5.69 Å². The Morgan fingerprint density at radius 3 is 2.52 bits per heavy atom. The highest BCUT2D eigenvalue weighted by atomic mass is 79.9. The molecule has 0 bridgehead atoms. The fourth-order valence-electron chi connectivity index (χ4n) is 3.79. The second-order valence-electron chi connectivity index (χ2n) is 6.65. The highest BCUT2D eigenvalue weighted by molar-refractivity contribution is 9.10. The van der Waals surface area contributed by atoms with Gasteiger partial charge in [0.1, 0.15) is 11.6 Å². The molecule has 27 heavy (non-hydrogen) atoms. The lowest BCUT2D eigenvalue weighted by molar-refractivity contribution is 0.867. The van der Waals surface area contributed by atoms with Crippen molar-refractivity contribution in [2.75, 3.05) is 5.32 Å². The molecule has 1 aliphatic heterocycles. The number of hydrogen-bond donors (Lipinski definition) is 1. The molecule has 0 saturated carbocycles. The molecular formula is C22H17BrN4. The highest BCUT2D eigenvalue weighted by Crippen LogP contribution is 2.46. The Kier molecular flexibility index (Phi) is 3.83. The van der Waals surface area contributed by atoms with Gasteiger partial charge in [-0.15, -0.1) is 0 Å². The maximum atomic E-state index is 4.86. The molecule has 1 unspecified atom stereocenters. The van der Waals surface area contributed by atoms with Gasteiger partial charge in [0.25, 0.3) is 0 Å². The summed E-state index contributed by atoms with van der Waals surface area (Å²) >= 11 is 3.54. The number of benzene rings is 2. The molecule has 0 fully saturated rings. The number of hydrogen-bond acceptors (Lipinski definition) is 3. The molecule has 2 aromatic carbocycles. The third kappa shape index (κ3) is 2.66. The molecule has 1 N–H and O–H groups in total. The monoisotopic (exact) mass is 416 g/mol. The van der Waals surface area contributed by atoms with E-state index in [1.165, 1.54) is 16.7 Å². The van der Waals surface area contributed by atoms with Crippen LogP contribution in [-0.4, -0.2) is 14.8 Å². The van der Waals surface area contributed by atoms with Gasteiger partial charge in [-0.25, -0.2) is 9.67 Å². The van der Waals surface area contributed by atoms with E-state index in [0.717, 1.165) is 27.5 Å². The highest BCUT2D eigenvalue weighted by Gasteiger charge is 2.33. The Bertz CT molecular complexity index is 1120. The van der Waals surface area contributed by atoms with Crippen LogP contribution in [0.5, 0.6) is 0 Å². The molecule has 0 radical (unpaired) electrons. The number of aryl methyl sites for hydroxylation is 1. The van der Waals surface area contributed by atoms with Gasteiger partial charge >= 0.3 is 0 Å². The van der Waals surface area contributed by atoms with Gasteiger partial charge in [0, 0.05) is 27.7 Å². The zero-order valence-electron chi connectivity index (χ0n) is 14.7. The van der Waals surface area contributed by atoms with Crippen LogP contribution in [0.25, 0.3) is 5.69 Å². The molecule has 0 aliphatic carbocycles. The van der Waals surface area contributed by atoms with Crippen LogP contribution in [0.2, 0.25) is 0 Å². The molecule has 5 rings (SSSR count). The number of para-hydroxylation sites is 1.